The molecule has 1 heterocycles. The van der Waals surface area contributed by atoms with Crippen molar-refractivity contribution >= 4 is 0 Å². The van der Waals surface area contributed by atoms with Crippen LogP contribution in [0.4, 0.5) is 0 Å². The van der Waals surface area contributed by atoms with Gasteiger partial charge in [0.1, 0.15) is 5.76 Å². The maximum absolute atomic E-state index is 5.31. The zero-order valence-corrected chi connectivity index (χ0v) is 10.7. The Morgan fingerprint density at radius 3 is 2.06 bits per heavy atom. The minimum Gasteiger partial charge on any atom is -0.469 e. The lowest BCUT2D eigenvalue weighted by molar-refractivity contribution is 0.490. The summed E-state index contributed by atoms with van der Waals surface area (Å²) in [6.45, 7) is 2.27. The minimum atomic E-state index is 1.11. The highest BCUT2D eigenvalue weighted by molar-refractivity contribution is 4.97. The van der Waals surface area contributed by atoms with Gasteiger partial charge in [-0.2, -0.15) is 0 Å². The molecule has 0 bridgehead atoms. The Hall–Kier alpha value is -0.720. The van der Waals surface area contributed by atoms with Crippen LogP contribution in [-0.2, 0) is 6.42 Å². The molecule has 1 heteroatoms. The van der Waals surface area contributed by atoms with Gasteiger partial charge in [-0.1, -0.05) is 58.3 Å². The van der Waals surface area contributed by atoms with Crippen LogP contribution in [0.15, 0.2) is 22.8 Å². The lowest BCUT2D eigenvalue weighted by atomic mass is 10.1. The van der Waals surface area contributed by atoms with Crippen LogP contribution >= 0.6 is 0 Å². The molecular formula is C15H26O. The Kier molecular flexibility index (Phi) is 7.93. The van der Waals surface area contributed by atoms with Crippen LogP contribution in [0.3, 0.4) is 0 Å². The van der Waals surface area contributed by atoms with E-state index in [0.717, 1.165) is 12.2 Å². The fourth-order valence-corrected chi connectivity index (χ4v) is 2.06. The highest BCUT2D eigenvalue weighted by Crippen LogP contribution is 2.11. The van der Waals surface area contributed by atoms with Gasteiger partial charge in [0, 0.05) is 6.42 Å². The fraction of sp³-hybridized carbons (Fsp3) is 0.733. The molecule has 1 aromatic heterocycles. The summed E-state index contributed by atoms with van der Waals surface area (Å²) in [4.78, 5) is 0. The quantitative estimate of drug-likeness (QED) is 0.486. The van der Waals surface area contributed by atoms with Crippen molar-refractivity contribution in [2.45, 2.75) is 71.1 Å². The van der Waals surface area contributed by atoms with Crippen LogP contribution in [0.5, 0.6) is 0 Å². The molecule has 0 aliphatic heterocycles. The van der Waals surface area contributed by atoms with Gasteiger partial charge in [-0.25, -0.2) is 0 Å². The molecule has 0 fully saturated rings. The molecular weight excluding hydrogens is 196 g/mol. The molecule has 0 amide bonds. The van der Waals surface area contributed by atoms with E-state index in [0.29, 0.717) is 0 Å². The van der Waals surface area contributed by atoms with E-state index in [1.54, 1.807) is 6.26 Å². The molecule has 0 aliphatic carbocycles. The van der Waals surface area contributed by atoms with Crippen molar-refractivity contribution in [3.05, 3.63) is 24.2 Å². The van der Waals surface area contributed by atoms with Gasteiger partial charge in [-0.3, -0.25) is 0 Å². The topological polar surface area (TPSA) is 13.1 Å². The molecule has 0 unspecified atom stereocenters. The van der Waals surface area contributed by atoms with E-state index in [-0.39, 0.29) is 0 Å². The third-order valence-electron chi connectivity index (χ3n) is 3.11. The predicted octanol–water partition coefficient (Wildman–Crippen LogP) is 5.35. The first-order chi connectivity index (χ1) is 7.93. The molecule has 92 valence electrons. The van der Waals surface area contributed by atoms with Crippen molar-refractivity contribution in [2.24, 2.45) is 0 Å². The van der Waals surface area contributed by atoms with Crippen molar-refractivity contribution in [3.63, 3.8) is 0 Å². The summed E-state index contributed by atoms with van der Waals surface area (Å²) in [6, 6.07) is 4.05. The molecule has 16 heavy (non-hydrogen) atoms. The van der Waals surface area contributed by atoms with Crippen LogP contribution in [0.2, 0.25) is 0 Å². The first kappa shape index (κ1) is 13.3. The Balaban J connectivity index is 1.78. The summed E-state index contributed by atoms with van der Waals surface area (Å²) < 4.78 is 5.31. The predicted molar refractivity (Wildman–Crippen MR) is 69.6 cm³/mol. The second-order valence-corrected chi connectivity index (χ2v) is 4.66. The summed E-state index contributed by atoms with van der Waals surface area (Å²) in [6.07, 6.45) is 15.4. The largest absolute Gasteiger partial charge is 0.469 e. The molecule has 1 aromatic rings. The third-order valence-corrected chi connectivity index (χ3v) is 3.11. The van der Waals surface area contributed by atoms with Crippen LogP contribution < -0.4 is 0 Å². The average Bonchev–Trinajstić information content (AvgIpc) is 2.80. The molecule has 0 saturated carbocycles. The van der Waals surface area contributed by atoms with Crippen molar-refractivity contribution in [2.75, 3.05) is 0 Å². The van der Waals surface area contributed by atoms with Crippen molar-refractivity contribution < 1.29 is 4.42 Å². The monoisotopic (exact) mass is 222 g/mol. The van der Waals surface area contributed by atoms with Gasteiger partial charge in [-0.15, -0.1) is 0 Å². The average molecular weight is 222 g/mol. The zero-order chi connectivity index (χ0) is 11.5. The first-order valence-corrected chi connectivity index (χ1v) is 6.96. The van der Waals surface area contributed by atoms with Gasteiger partial charge in [0.25, 0.3) is 0 Å². The highest BCUT2D eigenvalue weighted by Gasteiger charge is 1.95. The smallest absolute Gasteiger partial charge is 0.103 e. The number of hydrogen-bond acceptors (Lipinski definition) is 1. The Labute approximate surface area is 100 Å². The molecule has 1 rings (SSSR count). The maximum atomic E-state index is 5.31. The van der Waals surface area contributed by atoms with E-state index in [9.17, 15) is 0 Å². The van der Waals surface area contributed by atoms with E-state index in [2.05, 4.69) is 13.0 Å². The molecule has 0 saturated heterocycles. The third kappa shape index (κ3) is 6.71. The SMILES string of the molecule is CCCCCCCCCCCc1ccco1. The Morgan fingerprint density at radius 1 is 0.875 bits per heavy atom. The van der Waals surface area contributed by atoms with Gasteiger partial charge >= 0.3 is 0 Å². The van der Waals surface area contributed by atoms with E-state index >= 15 is 0 Å². The van der Waals surface area contributed by atoms with Crippen LogP contribution in [0.25, 0.3) is 0 Å². The standard InChI is InChI=1S/C15H26O/c1-2-3-4-5-6-7-8-9-10-12-15-13-11-14-16-15/h11,13-14H,2-10,12H2,1H3. The van der Waals surface area contributed by atoms with Gasteiger partial charge in [0.2, 0.25) is 0 Å². The molecule has 0 N–H and O–H groups in total. The molecule has 1 nitrogen and oxygen atoms in total. The minimum absolute atomic E-state index is 1.11. The van der Waals surface area contributed by atoms with Crippen LogP contribution in [0.1, 0.15) is 70.5 Å². The second-order valence-electron chi connectivity index (χ2n) is 4.66. The Morgan fingerprint density at radius 2 is 1.50 bits per heavy atom. The normalized spacial score (nSPS) is 10.8. The summed E-state index contributed by atoms with van der Waals surface area (Å²) in [5.74, 6) is 1.14. The molecule has 0 radical (unpaired) electrons. The highest BCUT2D eigenvalue weighted by atomic mass is 16.3. The lowest BCUT2D eigenvalue weighted by Crippen LogP contribution is -1.84. The van der Waals surface area contributed by atoms with Crippen LogP contribution in [0, 0.1) is 0 Å². The van der Waals surface area contributed by atoms with Gasteiger partial charge in [0.05, 0.1) is 6.26 Å². The summed E-state index contributed by atoms with van der Waals surface area (Å²) >= 11 is 0. The summed E-state index contributed by atoms with van der Waals surface area (Å²) in [5, 5.41) is 0. The molecule has 0 aliphatic rings. The number of furan rings is 1. The summed E-state index contributed by atoms with van der Waals surface area (Å²) in [5.41, 5.74) is 0. The number of aryl methyl sites for hydroxylation is 1. The lowest BCUT2D eigenvalue weighted by Gasteiger charge is -2.01. The zero-order valence-electron chi connectivity index (χ0n) is 10.7. The van der Waals surface area contributed by atoms with E-state index in [1.807, 2.05) is 6.07 Å². The Bertz CT molecular complexity index is 226. The van der Waals surface area contributed by atoms with Gasteiger partial charge < -0.3 is 4.42 Å². The number of rotatable bonds is 10. The molecule has 0 spiro atoms. The van der Waals surface area contributed by atoms with Crippen molar-refractivity contribution in [1.29, 1.82) is 0 Å². The molecule has 0 atom stereocenters. The van der Waals surface area contributed by atoms with E-state index in [1.165, 1.54) is 57.8 Å². The van der Waals surface area contributed by atoms with E-state index in [4.69, 9.17) is 4.42 Å². The first-order valence-electron chi connectivity index (χ1n) is 6.96. The molecule has 0 aromatic carbocycles. The maximum Gasteiger partial charge on any atom is 0.103 e. The van der Waals surface area contributed by atoms with Crippen molar-refractivity contribution in [1.82, 2.24) is 0 Å². The van der Waals surface area contributed by atoms with Crippen LogP contribution in [-0.4, -0.2) is 0 Å². The van der Waals surface area contributed by atoms with E-state index < -0.39 is 0 Å². The van der Waals surface area contributed by atoms with Gasteiger partial charge in [0.15, 0.2) is 0 Å². The number of unbranched alkanes of at least 4 members (excludes halogenated alkanes) is 8. The van der Waals surface area contributed by atoms with Crippen molar-refractivity contribution in [3.8, 4) is 0 Å². The summed E-state index contributed by atoms with van der Waals surface area (Å²) in [7, 11) is 0. The second kappa shape index (κ2) is 9.50. The van der Waals surface area contributed by atoms with Gasteiger partial charge in [-0.05, 0) is 18.6 Å². The number of hydrogen-bond donors (Lipinski definition) is 0. The fourth-order valence-electron chi connectivity index (χ4n) is 2.06.